The molecule has 0 fully saturated rings. The van der Waals surface area contributed by atoms with Crippen molar-refractivity contribution in [3.05, 3.63) is 12.7 Å². The first kappa shape index (κ1) is 13.3. The summed E-state index contributed by atoms with van der Waals surface area (Å²) >= 11 is 0. The fraction of sp³-hybridized carbons (Fsp3) is 0.333. The summed E-state index contributed by atoms with van der Waals surface area (Å²) < 4.78 is 0. The summed E-state index contributed by atoms with van der Waals surface area (Å²) in [7, 11) is 0. The number of carbonyl (C=O) groups excluding carboxylic acids is 1. The molecule has 0 amide bonds. The van der Waals surface area contributed by atoms with Crippen molar-refractivity contribution in [3.63, 3.8) is 0 Å². The minimum Gasteiger partial charge on any atom is -0.549 e. The van der Waals surface area contributed by atoms with Gasteiger partial charge in [0.15, 0.2) is 0 Å². The Bertz CT molecular complexity index is 152. The third-order valence-corrected chi connectivity index (χ3v) is 0.985. The van der Waals surface area contributed by atoms with Gasteiger partial charge in [-0.05, 0) is 6.42 Å². The number of carbonyl (C=O) groups is 2. The van der Waals surface area contributed by atoms with Crippen molar-refractivity contribution in [2.24, 2.45) is 5.92 Å². The van der Waals surface area contributed by atoms with Crippen LogP contribution in [0, 0.1) is 5.92 Å². The van der Waals surface area contributed by atoms with Gasteiger partial charge in [-0.1, -0.05) is 6.08 Å². The van der Waals surface area contributed by atoms with Crippen LogP contribution >= 0.6 is 0 Å². The first-order chi connectivity index (χ1) is 4.59. The second-order valence-electron chi connectivity index (χ2n) is 1.73. The molecule has 0 rings (SSSR count). The van der Waals surface area contributed by atoms with Gasteiger partial charge in [-0.25, -0.2) is 0 Å². The van der Waals surface area contributed by atoms with Crippen molar-refractivity contribution in [2.75, 3.05) is 0 Å². The normalized spacial score (nSPS) is 10.9. The molecule has 5 heteroatoms. The second-order valence-corrected chi connectivity index (χ2v) is 1.73. The molecule has 0 aliphatic rings. The number of hydrogen-bond donors (Lipinski definition) is 1. The van der Waals surface area contributed by atoms with Crippen LogP contribution in [0.15, 0.2) is 12.7 Å². The summed E-state index contributed by atoms with van der Waals surface area (Å²) in [6.07, 6.45) is 1.13. The molecule has 4 nitrogen and oxygen atoms in total. The topological polar surface area (TPSA) is 77.4 Å². The van der Waals surface area contributed by atoms with Crippen molar-refractivity contribution in [1.29, 1.82) is 0 Å². The molecule has 1 atom stereocenters. The maximum Gasteiger partial charge on any atom is 1.00 e. The Balaban J connectivity index is 0. The van der Waals surface area contributed by atoms with Crippen LogP contribution in [0.4, 0.5) is 0 Å². The molecule has 0 spiro atoms. The zero-order valence-electron chi connectivity index (χ0n) is 6.24. The Morgan fingerprint density at radius 3 is 2.18 bits per heavy atom. The predicted octanol–water partition coefficient (Wildman–Crippen LogP) is -3.98. The van der Waals surface area contributed by atoms with Gasteiger partial charge in [0, 0.05) is 0 Å². The maximum atomic E-state index is 10.1. The summed E-state index contributed by atoms with van der Waals surface area (Å²) in [5.41, 5.74) is 0. The average molecular weight is 166 g/mol. The van der Waals surface area contributed by atoms with Gasteiger partial charge in [-0.15, -0.1) is 6.58 Å². The first-order valence-corrected chi connectivity index (χ1v) is 2.64. The molecule has 0 aromatic rings. The van der Waals surface area contributed by atoms with Crippen LogP contribution in [0.1, 0.15) is 6.42 Å². The third-order valence-electron chi connectivity index (χ3n) is 0.985. The summed E-state index contributed by atoms with van der Waals surface area (Å²) in [4.78, 5) is 20.1. The first-order valence-electron chi connectivity index (χ1n) is 2.64. The van der Waals surface area contributed by atoms with Gasteiger partial charge in [-0.2, -0.15) is 0 Å². The molecule has 1 unspecified atom stereocenters. The standard InChI is InChI=1S/C6H8O4.Na/c1-2-3-4(5(7)8)6(9)10;/h2,4H,1,3H2,(H,7,8)(H,9,10);/q;+1/p-1. The van der Waals surface area contributed by atoms with Gasteiger partial charge >= 0.3 is 35.5 Å². The monoisotopic (exact) mass is 166 g/mol. The Kier molecular flexibility index (Phi) is 7.72. The van der Waals surface area contributed by atoms with Crippen LogP contribution < -0.4 is 34.7 Å². The molecule has 0 aromatic heterocycles. The number of carboxylic acids is 2. The summed E-state index contributed by atoms with van der Waals surface area (Å²) in [5, 5.41) is 18.2. The van der Waals surface area contributed by atoms with E-state index in [0.717, 1.165) is 0 Å². The van der Waals surface area contributed by atoms with Crippen LogP contribution in [-0.4, -0.2) is 17.0 Å². The van der Waals surface area contributed by atoms with Gasteiger partial charge in [0.1, 0.15) is 0 Å². The van der Waals surface area contributed by atoms with Crippen LogP contribution in [0.5, 0.6) is 0 Å². The van der Waals surface area contributed by atoms with Gasteiger partial charge in [-0.3, -0.25) is 4.79 Å². The smallest absolute Gasteiger partial charge is 0.549 e. The molecule has 0 aromatic carbocycles. The van der Waals surface area contributed by atoms with E-state index in [9.17, 15) is 14.7 Å². The van der Waals surface area contributed by atoms with Crippen LogP contribution in [0.25, 0.3) is 0 Å². The number of carboxylic acid groups (broad SMARTS) is 2. The molecule has 0 bridgehead atoms. The molecular weight excluding hydrogens is 159 g/mol. The molecule has 0 aliphatic heterocycles. The van der Waals surface area contributed by atoms with E-state index in [4.69, 9.17) is 5.11 Å². The molecule has 11 heavy (non-hydrogen) atoms. The van der Waals surface area contributed by atoms with Crippen molar-refractivity contribution < 1.29 is 49.4 Å². The zero-order valence-corrected chi connectivity index (χ0v) is 8.24. The predicted molar refractivity (Wildman–Crippen MR) is 30.9 cm³/mol. The Morgan fingerprint density at radius 1 is 1.64 bits per heavy atom. The van der Waals surface area contributed by atoms with E-state index in [1.165, 1.54) is 6.08 Å². The zero-order chi connectivity index (χ0) is 8.15. The van der Waals surface area contributed by atoms with E-state index in [-0.39, 0.29) is 36.0 Å². The number of aliphatic carboxylic acids is 2. The minimum absolute atomic E-state index is 0. The molecule has 0 saturated heterocycles. The van der Waals surface area contributed by atoms with Gasteiger partial charge < -0.3 is 15.0 Å². The largest absolute Gasteiger partial charge is 1.00 e. The van der Waals surface area contributed by atoms with Crippen molar-refractivity contribution in [3.8, 4) is 0 Å². The number of hydrogen-bond acceptors (Lipinski definition) is 3. The Morgan fingerprint density at radius 2 is 2.09 bits per heavy atom. The van der Waals surface area contributed by atoms with E-state index >= 15 is 0 Å². The number of rotatable bonds is 4. The maximum absolute atomic E-state index is 10.1. The molecular formula is C6H7NaO4. The second kappa shape index (κ2) is 6.39. The van der Waals surface area contributed by atoms with E-state index < -0.39 is 17.9 Å². The van der Waals surface area contributed by atoms with Crippen molar-refractivity contribution in [2.45, 2.75) is 6.42 Å². The van der Waals surface area contributed by atoms with Crippen molar-refractivity contribution in [1.82, 2.24) is 0 Å². The quantitative estimate of drug-likeness (QED) is 0.262. The molecule has 1 N–H and O–H groups in total. The summed E-state index contributed by atoms with van der Waals surface area (Å²) in [6, 6.07) is 0. The fourth-order valence-electron chi connectivity index (χ4n) is 0.465. The Hall–Kier alpha value is -0.320. The SMILES string of the molecule is C=CCC(C(=O)[O-])C(=O)O.[Na+]. The van der Waals surface area contributed by atoms with E-state index in [2.05, 4.69) is 6.58 Å². The van der Waals surface area contributed by atoms with Crippen LogP contribution in [0.2, 0.25) is 0 Å². The van der Waals surface area contributed by atoms with Crippen molar-refractivity contribution >= 4 is 11.9 Å². The molecule has 0 saturated carbocycles. The van der Waals surface area contributed by atoms with Gasteiger partial charge in [0.05, 0.1) is 11.9 Å². The van der Waals surface area contributed by atoms with Crippen LogP contribution in [0.3, 0.4) is 0 Å². The Labute approximate surface area is 86.2 Å². The molecule has 0 aliphatic carbocycles. The van der Waals surface area contributed by atoms with Gasteiger partial charge in [0.2, 0.25) is 0 Å². The molecule has 56 valence electrons. The van der Waals surface area contributed by atoms with E-state index in [1.54, 1.807) is 0 Å². The minimum atomic E-state index is -1.58. The van der Waals surface area contributed by atoms with Gasteiger partial charge in [0.25, 0.3) is 0 Å². The number of allylic oxidation sites excluding steroid dienone is 1. The summed E-state index contributed by atoms with van der Waals surface area (Å²) in [5.74, 6) is -4.43. The average Bonchev–Trinajstić information content (AvgIpc) is 1.81. The molecule has 0 heterocycles. The van der Waals surface area contributed by atoms with E-state index in [0.29, 0.717) is 0 Å². The molecule has 0 radical (unpaired) electrons. The van der Waals surface area contributed by atoms with E-state index in [1.807, 2.05) is 0 Å². The summed E-state index contributed by atoms with van der Waals surface area (Å²) in [6.45, 7) is 3.21. The fourth-order valence-corrected chi connectivity index (χ4v) is 0.465. The third kappa shape index (κ3) is 5.01. The van der Waals surface area contributed by atoms with Crippen LogP contribution in [-0.2, 0) is 9.59 Å².